The number of non-ortho nitro benzene ring substituents is 1. The van der Waals surface area contributed by atoms with E-state index in [-0.39, 0.29) is 17.6 Å². The number of hydrogen-bond donors (Lipinski definition) is 0. The van der Waals surface area contributed by atoms with Crippen LogP contribution in [0.15, 0.2) is 18.2 Å². The summed E-state index contributed by atoms with van der Waals surface area (Å²) in [7, 11) is 0. The molecule has 1 heterocycles. The van der Waals surface area contributed by atoms with E-state index in [9.17, 15) is 14.9 Å². The Balaban J connectivity index is 2.40. The standard InChI is InChI=1S/C11H12N2O3/c1-7(2)12-6-8-5-9(13(15)16)3-4-10(8)11(12)14/h3-5,7H,6H2,1-2H3. The summed E-state index contributed by atoms with van der Waals surface area (Å²) in [4.78, 5) is 23.7. The molecule has 0 saturated heterocycles. The number of fused-ring (bicyclic) bond motifs is 1. The molecule has 0 radical (unpaired) electrons. The van der Waals surface area contributed by atoms with E-state index in [2.05, 4.69) is 0 Å². The molecule has 0 aromatic heterocycles. The van der Waals surface area contributed by atoms with Crippen LogP contribution in [-0.4, -0.2) is 21.8 Å². The van der Waals surface area contributed by atoms with Crippen LogP contribution >= 0.6 is 0 Å². The minimum atomic E-state index is -0.442. The quantitative estimate of drug-likeness (QED) is 0.565. The molecule has 16 heavy (non-hydrogen) atoms. The summed E-state index contributed by atoms with van der Waals surface area (Å²) < 4.78 is 0. The molecular weight excluding hydrogens is 208 g/mol. The number of nitro groups is 1. The molecule has 0 aliphatic carbocycles. The molecule has 0 unspecified atom stereocenters. The first kappa shape index (κ1) is 10.6. The fourth-order valence-corrected chi connectivity index (χ4v) is 1.86. The van der Waals surface area contributed by atoms with Gasteiger partial charge in [0.15, 0.2) is 0 Å². The van der Waals surface area contributed by atoms with Gasteiger partial charge in [-0.25, -0.2) is 0 Å². The predicted octanol–water partition coefficient (Wildman–Crippen LogP) is 1.96. The number of hydrogen-bond acceptors (Lipinski definition) is 3. The van der Waals surface area contributed by atoms with E-state index in [1.807, 2.05) is 13.8 Å². The van der Waals surface area contributed by atoms with Crippen molar-refractivity contribution in [1.29, 1.82) is 0 Å². The summed E-state index contributed by atoms with van der Waals surface area (Å²) in [6.45, 7) is 4.32. The molecule has 5 nitrogen and oxygen atoms in total. The molecule has 84 valence electrons. The number of rotatable bonds is 2. The van der Waals surface area contributed by atoms with Crippen molar-refractivity contribution in [2.45, 2.75) is 26.4 Å². The number of nitrogens with zero attached hydrogens (tertiary/aromatic N) is 2. The Hall–Kier alpha value is -1.91. The Bertz CT molecular complexity index is 468. The Morgan fingerprint density at radius 1 is 1.44 bits per heavy atom. The average Bonchev–Trinajstić information content (AvgIpc) is 2.55. The summed E-state index contributed by atoms with van der Waals surface area (Å²) >= 11 is 0. The molecule has 0 spiro atoms. The van der Waals surface area contributed by atoms with E-state index < -0.39 is 4.92 Å². The van der Waals surface area contributed by atoms with Crippen LogP contribution < -0.4 is 0 Å². The topological polar surface area (TPSA) is 63.4 Å². The molecule has 1 aromatic rings. The third-order valence-electron chi connectivity index (χ3n) is 2.75. The first-order valence-corrected chi connectivity index (χ1v) is 5.09. The molecular formula is C11H12N2O3. The van der Waals surface area contributed by atoms with Crippen molar-refractivity contribution in [2.24, 2.45) is 0 Å². The van der Waals surface area contributed by atoms with Gasteiger partial charge in [-0.2, -0.15) is 0 Å². The number of benzene rings is 1. The normalized spacial score (nSPS) is 14.4. The second-order valence-electron chi connectivity index (χ2n) is 4.13. The van der Waals surface area contributed by atoms with E-state index in [1.165, 1.54) is 18.2 Å². The summed E-state index contributed by atoms with van der Waals surface area (Å²) in [6.07, 6.45) is 0. The van der Waals surface area contributed by atoms with Gasteiger partial charge in [-0.05, 0) is 25.5 Å². The van der Waals surface area contributed by atoms with Crippen molar-refractivity contribution in [1.82, 2.24) is 4.90 Å². The van der Waals surface area contributed by atoms with Gasteiger partial charge in [0.2, 0.25) is 0 Å². The smallest absolute Gasteiger partial charge is 0.269 e. The van der Waals surface area contributed by atoms with Crippen molar-refractivity contribution < 1.29 is 9.72 Å². The zero-order chi connectivity index (χ0) is 11.9. The van der Waals surface area contributed by atoms with E-state index in [0.29, 0.717) is 12.1 Å². The van der Waals surface area contributed by atoms with Gasteiger partial charge in [-0.1, -0.05) is 0 Å². The molecule has 2 rings (SSSR count). The summed E-state index contributed by atoms with van der Waals surface area (Å²) in [5.74, 6) is -0.0418. The molecule has 0 atom stereocenters. The van der Waals surface area contributed by atoms with Gasteiger partial charge >= 0.3 is 0 Å². The first-order valence-electron chi connectivity index (χ1n) is 5.09. The zero-order valence-corrected chi connectivity index (χ0v) is 9.14. The summed E-state index contributed by atoms with van der Waals surface area (Å²) in [5.41, 5.74) is 1.37. The third-order valence-corrected chi connectivity index (χ3v) is 2.75. The maximum Gasteiger partial charge on any atom is 0.269 e. The lowest BCUT2D eigenvalue weighted by molar-refractivity contribution is -0.384. The molecule has 1 aliphatic rings. The second kappa shape index (κ2) is 3.59. The third kappa shape index (κ3) is 1.54. The SMILES string of the molecule is CC(C)N1Cc2cc([N+](=O)[O-])ccc2C1=O. The van der Waals surface area contributed by atoms with Crippen LogP contribution in [0.2, 0.25) is 0 Å². The fourth-order valence-electron chi connectivity index (χ4n) is 1.86. The number of nitro benzene ring substituents is 1. The van der Waals surface area contributed by atoms with Crippen molar-refractivity contribution in [3.63, 3.8) is 0 Å². The van der Waals surface area contributed by atoms with Gasteiger partial charge in [-0.3, -0.25) is 14.9 Å². The molecule has 0 fully saturated rings. The lowest BCUT2D eigenvalue weighted by atomic mass is 10.1. The van der Waals surface area contributed by atoms with Crippen molar-refractivity contribution >= 4 is 11.6 Å². The van der Waals surface area contributed by atoms with E-state index in [4.69, 9.17) is 0 Å². The Labute approximate surface area is 92.8 Å². The molecule has 1 aromatic carbocycles. The van der Waals surface area contributed by atoms with Crippen LogP contribution in [0.25, 0.3) is 0 Å². The lowest BCUT2D eigenvalue weighted by Gasteiger charge is -2.19. The van der Waals surface area contributed by atoms with Crippen LogP contribution in [0.4, 0.5) is 5.69 Å². The largest absolute Gasteiger partial charge is 0.332 e. The summed E-state index contributed by atoms with van der Waals surface area (Å²) in [6, 6.07) is 4.51. The highest BCUT2D eigenvalue weighted by molar-refractivity contribution is 5.98. The Morgan fingerprint density at radius 3 is 2.69 bits per heavy atom. The monoisotopic (exact) mass is 220 g/mol. The summed E-state index contributed by atoms with van der Waals surface area (Å²) in [5, 5.41) is 10.6. The van der Waals surface area contributed by atoms with E-state index in [1.54, 1.807) is 4.90 Å². The van der Waals surface area contributed by atoms with Crippen LogP contribution in [0, 0.1) is 10.1 Å². The minimum absolute atomic E-state index is 0.0390. The number of amides is 1. The van der Waals surface area contributed by atoms with Gasteiger partial charge in [0.1, 0.15) is 0 Å². The van der Waals surface area contributed by atoms with Gasteiger partial charge in [0.05, 0.1) is 4.92 Å². The van der Waals surface area contributed by atoms with Crippen LogP contribution in [0.3, 0.4) is 0 Å². The average molecular weight is 220 g/mol. The number of carbonyl (C=O) groups is 1. The first-order chi connectivity index (χ1) is 7.50. The van der Waals surface area contributed by atoms with Gasteiger partial charge < -0.3 is 4.90 Å². The van der Waals surface area contributed by atoms with Crippen LogP contribution in [0.1, 0.15) is 29.8 Å². The van der Waals surface area contributed by atoms with E-state index in [0.717, 1.165) is 5.56 Å². The van der Waals surface area contributed by atoms with Crippen molar-refractivity contribution in [3.8, 4) is 0 Å². The maximum atomic E-state index is 11.9. The Kier molecular flexibility index (Phi) is 2.38. The van der Waals surface area contributed by atoms with Gasteiger partial charge in [-0.15, -0.1) is 0 Å². The van der Waals surface area contributed by atoms with Gasteiger partial charge in [0.25, 0.3) is 11.6 Å². The Morgan fingerprint density at radius 2 is 2.12 bits per heavy atom. The van der Waals surface area contributed by atoms with Crippen molar-refractivity contribution in [2.75, 3.05) is 0 Å². The predicted molar refractivity (Wildman–Crippen MR) is 58.1 cm³/mol. The molecule has 0 N–H and O–H groups in total. The lowest BCUT2D eigenvalue weighted by Crippen LogP contribution is -2.30. The highest BCUT2D eigenvalue weighted by Crippen LogP contribution is 2.27. The highest BCUT2D eigenvalue weighted by atomic mass is 16.6. The van der Waals surface area contributed by atoms with Crippen LogP contribution in [0.5, 0.6) is 0 Å². The highest BCUT2D eigenvalue weighted by Gasteiger charge is 2.30. The molecule has 0 bridgehead atoms. The molecule has 1 amide bonds. The number of carbonyl (C=O) groups excluding carboxylic acids is 1. The van der Waals surface area contributed by atoms with Crippen LogP contribution in [-0.2, 0) is 6.54 Å². The molecule has 0 saturated carbocycles. The molecule has 5 heteroatoms. The minimum Gasteiger partial charge on any atom is -0.332 e. The van der Waals surface area contributed by atoms with E-state index >= 15 is 0 Å². The second-order valence-corrected chi connectivity index (χ2v) is 4.13. The van der Waals surface area contributed by atoms with Gasteiger partial charge in [0, 0.05) is 30.3 Å². The maximum absolute atomic E-state index is 11.9. The zero-order valence-electron chi connectivity index (χ0n) is 9.14. The molecule has 1 aliphatic heterocycles. The fraction of sp³-hybridized carbons (Fsp3) is 0.364. The van der Waals surface area contributed by atoms with Crippen molar-refractivity contribution in [3.05, 3.63) is 39.4 Å².